The van der Waals surface area contributed by atoms with Crippen molar-refractivity contribution in [3.63, 3.8) is 0 Å². The van der Waals surface area contributed by atoms with E-state index in [9.17, 15) is 9.59 Å². The first-order valence-corrected chi connectivity index (χ1v) is 7.27. The summed E-state index contributed by atoms with van der Waals surface area (Å²) in [6, 6.07) is 10.2. The number of likely N-dealkylation sites (tertiary alicyclic amines) is 1. The molecule has 1 aliphatic rings. The lowest BCUT2D eigenvalue weighted by Crippen LogP contribution is -2.51. The first-order valence-electron chi connectivity index (χ1n) is 6.22. The maximum atomic E-state index is 11.5. The number of methoxy groups -OCH3 is 1. The third kappa shape index (κ3) is 3.73. The van der Waals surface area contributed by atoms with Crippen LogP contribution in [0.1, 0.15) is 18.4 Å². The molecular weight excluding hydrogens is 262 g/mol. The predicted octanol–water partition coefficient (Wildman–Crippen LogP) is 2.04. The maximum absolute atomic E-state index is 11.5. The molecule has 1 unspecified atom stereocenters. The lowest BCUT2D eigenvalue weighted by molar-refractivity contribution is -0.145. The zero-order valence-corrected chi connectivity index (χ0v) is 11.7. The minimum atomic E-state index is -0.272. The molecule has 0 bridgehead atoms. The number of benzene rings is 1. The summed E-state index contributed by atoms with van der Waals surface area (Å²) in [4.78, 5) is 24.4. The Morgan fingerprint density at radius 1 is 1.42 bits per heavy atom. The quantitative estimate of drug-likeness (QED) is 0.590. The number of rotatable bonds is 6. The van der Waals surface area contributed by atoms with Gasteiger partial charge in [0.05, 0.1) is 25.3 Å². The van der Waals surface area contributed by atoms with E-state index in [0.29, 0.717) is 13.0 Å². The number of ether oxygens (including phenoxy) is 1. The van der Waals surface area contributed by atoms with Crippen molar-refractivity contribution in [3.8, 4) is 0 Å². The monoisotopic (exact) mass is 279 g/mol. The highest BCUT2D eigenvalue weighted by molar-refractivity contribution is 7.99. The maximum Gasteiger partial charge on any atom is 0.307 e. The minimum Gasteiger partial charge on any atom is -0.469 e. The molecule has 1 fully saturated rings. The second kappa shape index (κ2) is 6.61. The van der Waals surface area contributed by atoms with E-state index in [1.54, 1.807) is 16.7 Å². The Labute approximate surface area is 117 Å². The molecule has 0 spiro atoms. The molecule has 19 heavy (non-hydrogen) atoms. The van der Waals surface area contributed by atoms with Gasteiger partial charge in [-0.05, 0) is 5.56 Å². The molecule has 0 aliphatic carbocycles. The Morgan fingerprint density at radius 3 is 2.79 bits per heavy atom. The Balaban J connectivity index is 1.77. The van der Waals surface area contributed by atoms with Crippen molar-refractivity contribution in [2.75, 3.05) is 13.7 Å². The van der Waals surface area contributed by atoms with Crippen LogP contribution in [0.25, 0.3) is 0 Å². The Morgan fingerprint density at radius 2 is 2.16 bits per heavy atom. The predicted molar refractivity (Wildman–Crippen MR) is 74.5 cm³/mol. The fourth-order valence-electron chi connectivity index (χ4n) is 1.92. The number of thioether (sulfide) groups is 1. The summed E-state index contributed by atoms with van der Waals surface area (Å²) in [5.41, 5.74) is 1.25. The van der Waals surface area contributed by atoms with Gasteiger partial charge >= 0.3 is 5.97 Å². The normalized spacial score (nSPS) is 18.1. The minimum absolute atomic E-state index is 0.120. The van der Waals surface area contributed by atoms with Gasteiger partial charge in [0.15, 0.2) is 0 Å². The summed E-state index contributed by atoms with van der Waals surface area (Å²) < 4.78 is 4.59. The number of carbonyl (C=O) groups is 2. The topological polar surface area (TPSA) is 46.6 Å². The zero-order valence-electron chi connectivity index (χ0n) is 10.9. The van der Waals surface area contributed by atoms with Gasteiger partial charge in [-0.1, -0.05) is 30.3 Å². The molecule has 1 heterocycles. The Hall–Kier alpha value is -1.49. The first-order chi connectivity index (χ1) is 9.20. The van der Waals surface area contributed by atoms with Crippen molar-refractivity contribution in [1.82, 2.24) is 4.90 Å². The average Bonchev–Trinajstić information content (AvgIpc) is 2.44. The molecule has 1 aliphatic heterocycles. The highest BCUT2D eigenvalue weighted by Gasteiger charge is 2.36. The Kier molecular flexibility index (Phi) is 4.85. The van der Waals surface area contributed by atoms with Crippen LogP contribution in [0.3, 0.4) is 0 Å². The zero-order chi connectivity index (χ0) is 13.7. The average molecular weight is 279 g/mol. The van der Waals surface area contributed by atoms with Crippen molar-refractivity contribution in [1.29, 1.82) is 0 Å². The van der Waals surface area contributed by atoms with Gasteiger partial charge in [-0.3, -0.25) is 9.59 Å². The van der Waals surface area contributed by atoms with E-state index < -0.39 is 0 Å². The van der Waals surface area contributed by atoms with Crippen LogP contribution < -0.4 is 0 Å². The molecule has 1 aromatic carbocycles. The van der Waals surface area contributed by atoms with Crippen LogP contribution in [0.15, 0.2) is 30.3 Å². The van der Waals surface area contributed by atoms with E-state index >= 15 is 0 Å². The summed E-state index contributed by atoms with van der Waals surface area (Å²) in [6.07, 6.45) is 0.837. The largest absolute Gasteiger partial charge is 0.469 e. The molecule has 1 saturated heterocycles. The van der Waals surface area contributed by atoms with Gasteiger partial charge in [0.1, 0.15) is 0 Å². The molecule has 4 nitrogen and oxygen atoms in total. The van der Waals surface area contributed by atoms with E-state index in [0.717, 1.165) is 5.75 Å². The van der Waals surface area contributed by atoms with E-state index in [1.165, 1.54) is 12.7 Å². The molecule has 1 aromatic rings. The molecule has 5 heteroatoms. The number of esters is 1. The summed E-state index contributed by atoms with van der Waals surface area (Å²) in [5, 5.41) is 0.192. The van der Waals surface area contributed by atoms with Crippen LogP contribution in [0.2, 0.25) is 0 Å². The van der Waals surface area contributed by atoms with Crippen molar-refractivity contribution < 1.29 is 14.3 Å². The van der Waals surface area contributed by atoms with Gasteiger partial charge in [-0.2, -0.15) is 0 Å². The van der Waals surface area contributed by atoms with Crippen molar-refractivity contribution >= 4 is 23.6 Å². The van der Waals surface area contributed by atoms with Crippen molar-refractivity contribution in [2.45, 2.75) is 24.0 Å². The van der Waals surface area contributed by atoms with Crippen molar-refractivity contribution in [3.05, 3.63) is 35.9 Å². The molecule has 102 valence electrons. The summed E-state index contributed by atoms with van der Waals surface area (Å²) in [6.45, 7) is 0.456. The van der Waals surface area contributed by atoms with Gasteiger partial charge in [0.25, 0.3) is 0 Å². The SMILES string of the molecule is COC(=O)CCN1C(=O)CC1SCc1ccccc1. The third-order valence-corrected chi connectivity index (χ3v) is 4.39. The van der Waals surface area contributed by atoms with Crippen LogP contribution in [0.5, 0.6) is 0 Å². The molecule has 0 aromatic heterocycles. The highest BCUT2D eigenvalue weighted by atomic mass is 32.2. The van der Waals surface area contributed by atoms with Crippen LogP contribution >= 0.6 is 11.8 Å². The van der Waals surface area contributed by atoms with Crippen LogP contribution in [-0.4, -0.2) is 35.8 Å². The third-order valence-electron chi connectivity index (χ3n) is 3.09. The number of hydrogen-bond donors (Lipinski definition) is 0. The number of nitrogens with zero attached hydrogens (tertiary/aromatic N) is 1. The lowest BCUT2D eigenvalue weighted by atomic mass is 10.2. The van der Waals surface area contributed by atoms with Gasteiger partial charge in [-0.15, -0.1) is 11.8 Å². The van der Waals surface area contributed by atoms with Gasteiger partial charge < -0.3 is 9.64 Å². The number of β-lactam (4-membered cyclic amide) rings is 1. The summed E-state index contributed by atoms with van der Waals surface area (Å²) in [7, 11) is 1.36. The first kappa shape index (κ1) is 13.9. The highest BCUT2D eigenvalue weighted by Crippen LogP contribution is 2.31. The number of amides is 1. The molecule has 0 radical (unpaired) electrons. The van der Waals surface area contributed by atoms with E-state index in [1.807, 2.05) is 18.2 Å². The molecule has 1 amide bonds. The fraction of sp³-hybridized carbons (Fsp3) is 0.429. The second-order valence-electron chi connectivity index (χ2n) is 4.37. The standard InChI is InChI=1S/C14H17NO3S/c1-18-14(17)7-8-15-12(16)9-13(15)19-10-11-5-3-2-4-6-11/h2-6,13H,7-10H2,1H3. The van der Waals surface area contributed by atoms with E-state index in [-0.39, 0.29) is 23.7 Å². The van der Waals surface area contributed by atoms with Gasteiger partial charge in [-0.25, -0.2) is 0 Å². The van der Waals surface area contributed by atoms with Crippen LogP contribution in [0, 0.1) is 0 Å². The lowest BCUT2D eigenvalue weighted by Gasteiger charge is -2.39. The molecule has 2 rings (SSSR count). The molecule has 0 saturated carbocycles. The number of hydrogen-bond acceptors (Lipinski definition) is 4. The van der Waals surface area contributed by atoms with Gasteiger partial charge in [0.2, 0.25) is 5.91 Å². The van der Waals surface area contributed by atoms with E-state index in [4.69, 9.17) is 0 Å². The molecule has 1 atom stereocenters. The van der Waals surface area contributed by atoms with Crippen LogP contribution in [0.4, 0.5) is 0 Å². The Bertz CT molecular complexity index is 449. The molecular formula is C14H17NO3S. The van der Waals surface area contributed by atoms with Crippen LogP contribution in [-0.2, 0) is 20.1 Å². The fourth-order valence-corrected chi connectivity index (χ4v) is 3.16. The summed E-state index contributed by atoms with van der Waals surface area (Å²) >= 11 is 1.74. The second-order valence-corrected chi connectivity index (χ2v) is 5.53. The summed E-state index contributed by atoms with van der Waals surface area (Å²) in [5.74, 6) is 0.731. The smallest absolute Gasteiger partial charge is 0.307 e. The van der Waals surface area contributed by atoms with E-state index in [2.05, 4.69) is 16.9 Å². The van der Waals surface area contributed by atoms with Crippen molar-refractivity contribution in [2.24, 2.45) is 0 Å². The van der Waals surface area contributed by atoms with Gasteiger partial charge in [0, 0.05) is 12.3 Å². The molecule has 0 N–H and O–H groups in total. The number of carbonyl (C=O) groups excluding carboxylic acids is 2.